The number of carbonyl (C=O) groups is 2. The van der Waals surface area contributed by atoms with Gasteiger partial charge in [-0.05, 0) is 61.6 Å². The lowest BCUT2D eigenvalue weighted by atomic mass is 9.96. The van der Waals surface area contributed by atoms with Crippen molar-refractivity contribution in [2.45, 2.75) is 40.0 Å². The first-order valence-corrected chi connectivity index (χ1v) is 20.5. The van der Waals surface area contributed by atoms with E-state index in [0.717, 1.165) is 61.9 Å². The van der Waals surface area contributed by atoms with E-state index in [1.54, 1.807) is 63.3 Å². The lowest BCUT2D eigenvalue weighted by molar-refractivity contribution is 0.0956. The first-order chi connectivity index (χ1) is 31.4. The van der Waals surface area contributed by atoms with Crippen LogP contribution in [-0.4, -0.2) is 83.9 Å². The van der Waals surface area contributed by atoms with Gasteiger partial charge in [-0.25, -0.2) is 19.9 Å². The molecule has 0 spiro atoms. The van der Waals surface area contributed by atoms with Gasteiger partial charge in [-0.3, -0.25) is 34.5 Å². The topological polar surface area (TPSA) is 205 Å². The predicted molar refractivity (Wildman–Crippen MR) is 264 cm³/mol. The number of nitrogens with one attached hydrogen (secondary N) is 4. The minimum Gasteiger partial charge on any atom is -0.355 e. The molecule has 6 aromatic heterocycles. The summed E-state index contributed by atoms with van der Waals surface area (Å²) in [4.78, 5) is 69.8. The van der Waals surface area contributed by atoms with Crippen molar-refractivity contribution in [1.29, 1.82) is 0 Å². The molecule has 334 valence electrons. The fourth-order valence-corrected chi connectivity index (χ4v) is 7.00. The van der Waals surface area contributed by atoms with E-state index in [0.29, 0.717) is 46.7 Å². The quantitative estimate of drug-likeness (QED) is 0.112. The largest absolute Gasteiger partial charge is 0.355 e. The maximum atomic E-state index is 12.2. The molecular formula is C48H53N13O2S2. The van der Waals surface area contributed by atoms with Crippen LogP contribution in [0.4, 0.5) is 0 Å². The summed E-state index contributed by atoms with van der Waals surface area (Å²) in [6.45, 7) is 8.92. The van der Waals surface area contributed by atoms with E-state index in [1.165, 1.54) is 0 Å². The van der Waals surface area contributed by atoms with E-state index in [9.17, 15) is 9.59 Å². The van der Waals surface area contributed by atoms with Crippen molar-refractivity contribution in [3.05, 3.63) is 161 Å². The number of fused-ring (bicyclic) bond motifs is 2. The maximum absolute atomic E-state index is 12.2. The Morgan fingerprint density at radius 2 is 1.22 bits per heavy atom. The van der Waals surface area contributed by atoms with E-state index >= 15 is 0 Å². The molecule has 8 aromatic rings. The fourth-order valence-electron chi connectivity index (χ4n) is 7.00. The van der Waals surface area contributed by atoms with Crippen molar-refractivity contribution in [2.24, 2.45) is 15.9 Å². The highest BCUT2D eigenvalue weighted by atomic mass is 32.1. The van der Waals surface area contributed by atoms with Crippen LogP contribution in [0.5, 0.6) is 0 Å². The van der Waals surface area contributed by atoms with E-state index in [2.05, 4.69) is 79.3 Å². The maximum Gasteiger partial charge on any atom is 0.251 e. The van der Waals surface area contributed by atoms with Crippen molar-refractivity contribution in [3.8, 4) is 22.5 Å². The molecule has 0 fully saturated rings. The lowest BCUT2D eigenvalue weighted by Crippen LogP contribution is -2.18. The monoisotopic (exact) mass is 909 g/mol. The third-order valence-electron chi connectivity index (χ3n) is 10.4. The molecule has 0 aliphatic heterocycles. The summed E-state index contributed by atoms with van der Waals surface area (Å²) >= 11 is 0. The molecule has 0 radical (unpaired) electrons. The molecular weight excluding hydrogens is 855 g/mol. The zero-order valence-electron chi connectivity index (χ0n) is 38.9. The standard InChI is InChI=1S/C25H26N6O.C23H23N7O.2H2S/c1-16(11-18-5-4-6-20-21(25(32)26-3)9-10-27-24(18)20)13-29-23-12-22(30-15-31-23)19-8-7-17(2)28-14-19;1-14(17-5-4-6-18-19(23(31)24-3)7-8-25-22(17)18)10-28-21-9-20(29-13-30-21)16-11-26-15(2)27-12-16;;/h4-10,12,14-16H,11,13H2,1-3H3,(H,26,32)(H,29,30,31);4-9,11-14H,10H2,1-3H3,(H,24,31)(H,28,29,30);2*1H2/t16-;14-;;/m01../s1/i15D;13D;;. The van der Waals surface area contributed by atoms with Crippen molar-refractivity contribution in [1.82, 2.24) is 55.5 Å². The van der Waals surface area contributed by atoms with Crippen molar-refractivity contribution in [3.63, 3.8) is 0 Å². The molecule has 6 heterocycles. The van der Waals surface area contributed by atoms with Gasteiger partial charge in [-0.1, -0.05) is 50.2 Å². The number of carbonyl (C=O) groups excluding carboxylic acids is 2. The number of H-pyrrole nitrogens is 2. The summed E-state index contributed by atoms with van der Waals surface area (Å²) in [5.41, 5.74) is 9.88. The van der Waals surface area contributed by atoms with Crippen LogP contribution in [0.1, 0.15) is 65.9 Å². The lowest BCUT2D eigenvalue weighted by Gasteiger charge is -2.13. The highest BCUT2D eigenvalue weighted by Crippen LogP contribution is 2.27. The Bertz CT molecular complexity index is 3150. The number of nitrogens with zero attached hydrogens (tertiary/aromatic N) is 9. The average Bonchev–Trinajstić information content (AvgIpc) is 3.32. The molecule has 17 heteroatoms. The van der Waals surface area contributed by atoms with Crippen LogP contribution in [0.15, 0.2) is 126 Å². The van der Waals surface area contributed by atoms with Crippen LogP contribution in [0.2, 0.25) is 0 Å². The van der Waals surface area contributed by atoms with Gasteiger partial charge in [0.1, 0.15) is 8.57 Å². The smallest absolute Gasteiger partial charge is 0.251 e. The summed E-state index contributed by atoms with van der Waals surface area (Å²) in [7, 11) is 3.24. The highest BCUT2D eigenvalue weighted by molar-refractivity contribution is 7.59. The van der Waals surface area contributed by atoms with Crippen molar-refractivity contribution >= 4 is 60.6 Å². The number of aromatic nitrogens is 9. The molecule has 2 amide bonds. The molecule has 4 N–H and O–H groups in total. The molecule has 15 nitrogen and oxygen atoms in total. The second-order valence-corrected chi connectivity index (χ2v) is 15.1. The number of benzene rings is 2. The molecule has 0 aliphatic carbocycles. The van der Waals surface area contributed by atoms with Crippen LogP contribution in [0.3, 0.4) is 0 Å². The second kappa shape index (κ2) is 23.0. The van der Waals surface area contributed by atoms with E-state index in [-0.39, 0.29) is 63.2 Å². The zero-order chi connectivity index (χ0) is 46.0. The highest BCUT2D eigenvalue weighted by Gasteiger charge is 2.16. The molecule has 0 saturated carbocycles. The third kappa shape index (κ3) is 12.1. The predicted octanol–water partition coefficient (Wildman–Crippen LogP) is 6.48. The number of aromatic amines is 2. The van der Waals surface area contributed by atoms with E-state index in [1.807, 2.05) is 68.4 Å². The van der Waals surface area contributed by atoms with E-state index < -0.39 is 0 Å². The van der Waals surface area contributed by atoms with E-state index in [4.69, 9.17) is 2.74 Å². The SMILES string of the molecule is S.S.[2H]c1nc(=NC[C@@H](C)Cc2cccc3c(C(=O)NC)ccnc23)cc(-c2ccc(C)nc2)[nH]1.[2H]c1nc(=NC[C@@H](C)c2cccc3c(C(=O)NC)ccnc23)cc(-c2cnc(C)nc2)[nH]1. The Labute approximate surface area is 393 Å². The van der Waals surface area contributed by atoms with Crippen molar-refractivity contribution < 1.29 is 12.3 Å². The molecule has 2 aromatic carbocycles. The number of aryl methyl sites for hydroxylation is 2. The molecule has 2 atom stereocenters. The normalized spacial score (nSPS) is 12.7. The first-order valence-electron chi connectivity index (χ1n) is 21.5. The fraction of sp³-hybridized carbons (Fsp3) is 0.229. The van der Waals surface area contributed by atoms with Gasteiger partial charge in [0.25, 0.3) is 11.8 Å². The number of pyridine rings is 3. The zero-order valence-corrected chi connectivity index (χ0v) is 38.9. The molecule has 8 rings (SSSR count). The van der Waals surface area contributed by atoms with Gasteiger partial charge in [0.2, 0.25) is 0 Å². The summed E-state index contributed by atoms with van der Waals surface area (Å²) in [5, 5.41) is 7.00. The van der Waals surface area contributed by atoms with Gasteiger partial charge in [0.05, 0.1) is 46.2 Å². The second-order valence-electron chi connectivity index (χ2n) is 15.1. The number of para-hydroxylation sites is 2. The van der Waals surface area contributed by atoms with Crippen LogP contribution in [0, 0.1) is 19.8 Å². The Morgan fingerprint density at radius 1 is 0.662 bits per heavy atom. The summed E-state index contributed by atoms with van der Waals surface area (Å²) < 4.78 is 16.0. The van der Waals surface area contributed by atoms with Gasteiger partial charge in [0, 0.05) is 104 Å². The Morgan fingerprint density at radius 3 is 1.82 bits per heavy atom. The minimum atomic E-state index is -0.146. The Hall–Kier alpha value is -7.11. The van der Waals surface area contributed by atoms with Gasteiger partial charge in [0.15, 0.2) is 11.0 Å². The van der Waals surface area contributed by atoms with Crippen LogP contribution in [-0.2, 0) is 6.42 Å². The summed E-state index contributed by atoms with van der Waals surface area (Å²) in [6, 6.07) is 22.7. The number of hydrogen-bond acceptors (Lipinski definition) is 11. The molecule has 65 heavy (non-hydrogen) atoms. The molecule has 0 aliphatic rings. The Kier molecular flexibility index (Phi) is 16.2. The van der Waals surface area contributed by atoms with Crippen LogP contribution in [0.25, 0.3) is 44.3 Å². The minimum absolute atomic E-state index is 0. The number of rotatable bonds is 11. The molecule has 0 bridgehead atoms. The van der Waals surface area contributed by atoms with Crippen LogP contribution < -0.4 is 21.6 Å². The summed E-state index contributed by atoms with van der Waals surface area (Å²) in [5.74, 6) is 0.645. The first kappa shape index (κ1) is 45.9. The van der Waals surface area contributed by atoms with Crippen molar-refractivity contribution in [2.75, 3.05) is 27.2 Å². The average molecular weight is 910 g/mol. The van der Waals surface area contributed by atoms with Gasteiger partial charge in [-0.2, -0.15) is 27.0 Å². The third-order valence-corrected chi connectivity index (χ3v) is 10.4. The van der Waals surface area contributed by atoms with Gasteiger partial charge in [-0.15, -0.1) is 0 Å². The number of hydrogen-bond donors (Lipinski definition) is 4. The summed E-state index contributed by atoms with van der Waals surface area (Å²) in [6.07, 6.45) is 9.32. The molecule has 0 unspecified atom stereocenters. The number of amides is 2. The van der Waals surface area contributed by atoms with Crippen LogP contribution >= 0.6 is 27.0 Å². The van der Waals surface area contributed by atoms with Gasteiger partial charge >= 0.3 is 0 Å². The Balaban J connectivity index is 0.000000244. The molecule has 0 saturated heterocycles. The van der Waals surface area contributed by atoms with Gasteiger partial charge < -0.3 is 20.6 Å².